The summed E-state index contributed by atoms with van der Waals surface area (Å²) in [6.07, 6.45) is 2.62. The first kappa shape index (κ1) is 23.2. The maximum Gasteiger partial charge on any atom is 0.332 e. The van der Waals surface area contributed by atoms with Gasteiger partial charge in [-0.1, -0.05) is 37.8 Å². The fourth-order valence-corrected chi connectivity index (χ4v) is 3.92. The molecule has 174 valence electrons. The second-order valence-corrected chi connectivity index (χ2v) is 8.74. The van der Waals surface area contributed by atoms with Crippen molar-refractivity contribution in [1.29, 1.82) is 0 Å². The number of fused-ring (bicyclic) bond motifs is 1. The van der Waals surface area contributed by atoms with Crippen molar-refractivity contribution in [2.45, 2.75) is 40.0 Å². The molecule has 1 atom stereocenters. The maximum absolute atomic E-state index is 13.3. The van der Waals surface area contributed by atoms with Gasteiger partial charge in [0.15, 0.2) is 5.65 Å². The standard InChI is InChI=1S/C26H27N5O3/c1-17(2)15-30-24-22(25(33)29(4)26(30)34)23(21-10-12-27-13-11-21)31(28-24)16-20-7-5-6-19(14-20)9-8-18(3)32/h5-7,10-14,17-18,32H,15-16H2,1-4H3. The van der Waals surface area contributed by atoms with Crippen LogP contribution in [-0.4, -0.2) is 35.1 Å². The molecule has 0 saturated carbocycles. The van der Waals surface area contributed by atoms with Crippen LogP contribution in [0, 0.1) is 17.8 Å². The molecule has 0 radical (unpaired) electrons. The minimum absolute atomic E-state index is 0.192. The molecule has 0 bridgehead atoms. The average Bonchev–Trinajstić information content (AvgIpc) is 3.18. The Morgan fingerprint density at radius 3 is 2.50 bits per heavy atom. The van der Waals surface area contributed by atoms with Crippen LogP contribution in [0.2, 0.25) is 0 Å². The Kier molecular flexibility index (Phi) is 6.48. The summed E-state index contributed by atoms with van der Waals surface area (Å²) in [5.41, 5.74) is 2.73. The molecule has 0 aliphatic carbocycles. The van der Waals surface area contributed by atoms with E-state index < -0.39 is 6.10 Å². The Balaban J connectivity index is 1.97. The highest BCUT2D eigenvalue weighted by atomic mass is 16.3. The van der Waals surface area contributed by atoms with E-state index in [1.165, 1.54) is 7.05 Å². The molecule has 8 heteroatoms. The topological polar surface area (TPSA) is 94.9 Å². The molecule has 1 N–H and O–H groups in total. The summed E-state index contributed by atoms with van der Waals surface area (Å²) < 4.78 is 4.49. The monoisotopic (exact) mass is 457 g/mol. The van der Waals surface area contributed by atoms with Gasteiger partial charge in [0, 0.05) is 37.1 Å². The van der Waals surface area contributed by atoms with E-state index in [1.807, 2.05) is 50.2 Å². The molecule has 0 spiro atoms. The number of hydrogen-bond donors (Lipinski definition) is 1. The van der Waals surface area contributed by atoms with Crippen molar-refractivity contribution >= 4 is 11.0 Å². The van der Waals surface area contributed by atoms with Crippen molar-refractivity contribution in [3.05, 3.63) is 80.8 Å². The van der Waals surface area contributed by atoms with E-state index in [4.69, 9.17) is 5.10 Å². The maximum atomic E-state index is 13.3. The Morgan fingerprint density at radius 2 is 1.82 bits per heavy atom. The van der Waals surface area contributed by atoms with Gasteiger partial charge in [0.1, 0.15) is 11.5 Å². The molecule has 0 aliphatic rings. The molecule has 3 heterocycles. The highest BCUT2D eigenvalue weighted by molar-refractivity contribution is 5.90. The van der Waals surface area contributed by atoms with Gasteiger partial charge < -0.3 is 5.11 Å². The largest absolute Gasteiger partial charge is 0.381 e. The average molecular weight is 458 g/mol. The second-order valence-electron chi connectivity index (χ2n) is 8.74. The van der Waals surface area contributed by atoms with E-state index >= 15 is 0 Å². The highest BCUT2D eigenvalue weighted by Crippen LogP contribution is 2.27. The zero-order valence-electron chi connectivity index (χ0n) is 19.7. The summed E-state index contributed by atoms with van der Waals surface area (Å²) in [4.78, 5) is 30.3. The van der Waals surface area contributed by atoms with Gasteiger partial charge in [-0.3, -0.25) is 23.6 Å². The van der Waals surface area contributed by atoms with Crippen molar-refractivity contribution < 1.29 is 5.11 Å². The number of aromatic nitrogens is 5. The van der Waals surface area contributed by atoms with E-state index in [-0.39, 0.29) is 17.2 Å². The molecule has 0 amide bonds. The number of pyridine rings is 1. The Hall–Kier alpha value is -3.96. The number of benzene rings is 1. The summed E-state index contributed by atoms with van der Waals surface area (Å²) in [6, 6.07) is 11.3. The van der Waals surface area contributed by atoms with Crippen molar-refractivity contribution in [3.8, 4) is 23.1 Å². The van der Waals surface area contributed by atoms with Crippen molar-refractivity contribution in [1.82, 2.24) is 23.9 Å². The first-order valence-corrected chi connectivity index (χ1v) is 11.2. The molecular formula is C26H27N5O3. The van der Waals surface area contributed by atoms with Gasteiger partial charge in [0.25, 0.3) is 5.56 Å². The lowest BCUT2D eigenvalue weighted by atomic mass is 10.1. The van der Waals surface area contributed by atoms with Crippen LogP contribution < -0.4 is 11.2 Å². The smallest absolute Gasteiger partial charge is 0.332 e. The van der Waals surface area contributed by atoms with Crippen molar-refractivity contribution in [2.24, 2.45) is 13.0 Å². The quantitative estimate of drug-likeness (QED) is 0.465. The van der Waals surface area contributed by atoms with E-state index in [1.54, 1.807) is 28.6 Å². The summed E-state index contributed by atoms with van der Waals surface area (Å²) >= 11 is 0. The van der Waals surface area contributed by atoms with Crippen molar-refractivity contribution in [2.75, 3.05) is 0 Å². The first-order chi connectivity index (χ1) is 16.3. The lowest BCUT2D eigenvalue weighted by Gasteiger charge is -2.11. The van der Waals surface area contributed by atoms with Gasteiger partial charge >= 0.3 is 5.69 Å². The number of nitrogens with zero attached hydrogens (tertiary/aromatic N) is 5. The molecule has 1 unspecified atom stereocenters. The van der Waals surface area contributed by atoms with Crippen LogP contribution in [0.25, 0.3) is 22.3 Å². The Bertz CT molecular complexity index is 1520. The van der Waals surface area contributed by atoms with E-state index in [0.717, 1.165) is 21.3 Å². The summed E-state index contributed by atoms with van der Waals surface area (Å²) in [7, 11) is 1.50. The van der Waals surface area contributed by atoms with Crippen LogP contribution in [0.1, 0.15) is 31.9 Å². The third-order valence-electron chi connectivity index (χ3n) is 5.41. The number of hydrogen-bond acceptors (Lipinski definition) is 5. The van der Waals surface area contributed by atoms with Gasteiger partial charge in [0.2, 0.25) is 0 Å². The van der Waals surface area contributed by atoms with Gasteiger partial charge in [-0.05, 0) is 42.7 Å². The Morgan fingerprint density at radius 1 is 1.09 bits per heavy atom. The number of aliphatic hydroxyl groups is 1. The van der Waals surface area contributed by atoms with Crippen LogP contribution >= 0.6 is 0 Å². The van der Waals surface area contributed by atoms with E-state index in [0.29, 0.717) is 29.8 Å². The molecule has 34 heavy (non-hydrogen) atoms. The molecule has 0 saturated heterocycles. The van der Waals surface area contributed by atoms with Gasteiger partial charge in [-0.25, -0.2) is 4.79 Å². The third-order valence-corrected chi connectivity index (χ3v) is 5.41. The van der Waals surface area contributed by atoms with Crippen LogP contribution in [0.3, 0.4) is 0 Å². The molecule has 8 nitrogen and oxygen atoms in total. The fraction of sp³-hybridized carbons (Fsp3) is 0.308. The van der Waals surface area contributed by atoms with Crippen LogP contribution in [0.15, 0.2) is 58.4 Å². The van der Waals surface area contributed by atoms with Gasteiger partial charge in [-0.15, -0.1) is 0 Å². The van der Waals surface area contributed by atoms with E-state index in [9.17, 15) is 14.7 Å². The summed E-state index contributed by atoms with van der Waals surface area (Å²) in [5.74, 6) is 5.90. The fourth-order valence-electron chi connectivity index (χ4n) is 3.92. The lowest BCUT2D eigenvalue weighted by Crippen LogP contribution is -2.38. The third kappa shape index (κ3) is 4.56. The van der Waals surface area contributed by atoms with Gasteiger partial charge in [-0.2, -0.15) is 5.10 Å². The molecule has 4 aromatic rings. The molecule has 0 aliphatic heterocycles. The number of aliphatic hydroxyl groups excluding tert-OH is 1. The van der Waals surface area contributed by atoms with E-state index in [2.05, 4.69) is 16.8 Å². The molecule has 3 aromatic heterocycles. The van der Waals surface area contributed by atoms with Crippen LogP contribution in [-0.2, 0) is 20.1 Å². The first-order valence-electron chi connectivity index (χ1n) is 11.2. The zero-order chi connectivity index (χ0) is 24.4. The summed E-state index contributed by atoms with van der Waals surface area (Å²) in [6.45, 7) is 6.47. The highest BCUT2D eigenvalue weighted by Gasteiger charge is 2.22. The minimum atomic E-state index is -0.715. The predicted molar refractivity (Wildman–Crippen MR) is 131 cm³/mol. The van der Waals surface area contributed by atoms with Crippen LogP contribution in [0.4, 0.5) is 0 Å². The van der Waals surface area contributed by atoms with Crippen LogP contribution in [0.5, 0.6) is 0 Å². The predicted octanol–water partition coefficient (Wildman–Crippen LogP) is 2.40. The molecule has 0 fully saturated rings. The second kappa shape index (κ2) is 9.49. The van der Waals surface area contributed by atoms with Crippen molar-refractivity contribution in [3.63, 3.8) is 0 Å². The van der Waals surface area contributed by atoms with Gasteiger partial charge in [0.05, 0.1) is 12.2 Å². The Labute approximate surface area is 197 Å². The molecule has 4 rings (SSSR count). The molecular weight excluding hydrogens is 430 g/mol. The lowest BCUT2D eigenvalue weighted by molar-refractivity contribution is 0.253. The zero-order valence-corrected chi connectivity index (χ0v) is 19.7. The summed E-state index contributed by atoms with van der Waals surface area (Å²) in [5, 5.41) is 14.6. The SMILES string of the molecule is CC(O)C#Cc1cccc(Cn2nc3c(c2-c2ccncc2)c(=O)n(C)c(=O)n3CC(C)C)c1. The minimum Gasteiger partial charge on any atom is -0.381 e. The molecule has 1 aromatic carbocycles. The number of rotatable bonds is 5. The normalized spacial score (nSPS) is 12.1.